The van der Waals surface area contributed by atoms with Crippen LogP contribution >= 0.6 is 11.6 Å². The van der Waals surface area contributed by atoms with Crippen molar-refractivity contribution in [1.29, 1.82) is 0 Å². The molecule has 1 N–H and O–H groups in total. The van der Waals surface area contributed by atoms with Gasteiger partial charge in [-0.1, -0.05) is 11.6 Å². The number of carbonyl (C=O) groups excluding carboxylic acids is 1. The van der Waals surface area contributed by atoms with Crippen LogP contribution in [0.5, 0.6) is 5.88 Å². The lowest BCUT2D eigenvalue weighted by Crippen LogP contribution is -2.24. The minimum atomic E-state index is -0.763. The van der Waals surface area contributed by atoms with Gasteiger partial charge in [-0.25, -0.2) is 0 Å². The Morgan fingerprint density at radius 3 is 2.70 bits per heavy atom. The number of ether oxygens (including phenoxy) is 1. The molecule has 0 radical (unpaired) electrons. The maximum Gasteiger partial charge on any atom is 0.306 e. The number of pyridine rings is 1. The topological polar surface area (TPSA) is 98.7 Å². The molecule has 0 bridgehead atoms. The molecule has 3 aromatic heterocycles. The van der Waals surface area contributed by atoms with Gasteiger partial charge in [0.1, 0.15) is 5.65 Å². The highest BCUT2D eigenvalue weighted by molar-refractivity contribution is 6.30. The summed E-state index contributed by atoms with van der Waals surface area (Å²) < 4.78 is 7.72. The molecule has 27 heavy (non-hydrogen) atoms. The van der Waals surface area contributed by atoms with Gasteiger partial charge in [-0.15, -0.1) is 0 Å². The second-order valence-electron chi connectivity index (χ2n) is 6.41. The van der Waals surface area contributed by atoms with Crippen LogP contribution in [0.1, 0.15) is 43.4 Å². The highest BCUT2D eigenvalue weighted by atomic mass is 35.5. The molecule has 9 heteroatoms. The van der Waals surface area contributed by atoms with Crippen LogP contribution in [-0.2, 0) is 9.53 Å². The summed E-state index contributed by atoms with van der Waals surface area (Å²) in [5.74, 6) is -1.72. The van der Waals surface area contributed by atoms with Crippen LogP contribution in [-0.4, -0.2) is 37.4 Å². The molecule has 0 spiro atoms. The smallest absolute Gasteiger partial charge is 0.306 e. The zero-order valence-corrected chi connectivity index (χ0v) is 15.8. The van der Waals surface area contributed by atoms with Gasteiger partial charge < -0.3 is 9.84 Å². The average Bonchev–Trinajstić information content (AvgIpc) is 3.11. The van der Waals surface area contributed by atoms with E-state index in [2.05, 4.69) is 10.1 Å². The van der Waals surface area contributed by atoms with Gasteiger partial charge in [-0.3, -0.25) is 18.7 Å². The van der Waals surface area contributed by atoms with Crippen LogP contribution in [0.2, 0.25) is 5.02 Å². The predicted molar refractivity (Wildman–Crippen MR) is 99.2 cm³/mol. The second kappa shape index (κ2) is 7.40. The molecule has 0 aliphatic carbocycles. The second-order valence-corrected chi connectivity index (χ2v) is 6.85. The van der Waals surface area contributed by atoms with Gasteiger partial charge in [0.05, 0.1) is 30.3 Å². The minimum Gasteiger partial charge on any atom is -0.493 e. The summed E-state index contributed by atoms with van der Waals surface area (Å²) in [6.07, 6.45) is 4.59. The highest BCUT2D eigenvalue weighted by Gasteiger charge is 2.28. The SMILES string of the molecule is COC(=O)C[C@H](c1cnn(C(C)C)c1)c1c(O)nc2ccc(Cl)cn2c1=O. The lowest BCUT2D eigenvalue weighted by atomic mass is 9.91. The molecule has 0 saturated heterocycles. The van der Waals surface area contributed by atoms with Crippen molar-refractivity contribution in [3.05, 3.63) is 57.2 Å². The molecule has 142 valence electrons. The Morgan fingerprint density at radius 2 is 2.07 bits per heavy atom. The summed E-state index contributed by atoms with van der Waals surface area (Å²) in [7, 11) is 1.27. The van der Waals surface area contributed by atoms with Crippen molar-refractivity contribution in [1.82, 2.24) is 19.2 Å². The molecule has 1 atom stereocenters. The maximum atomic E-state index is 13.1. The van der Waals surface area contributed by atoms with E-state index in [9.17, 15) is 14.7 Å². The number of esters is 1. The molecule has 0 fully saturated rings. The molecule has 3 aromatic rings. The molecule has 0 saturated carbocycles. The van der Waals surface area contributed by atoms with Crippen LogP contribution in [0.4, 0.5) is 0 Å². The summed E-state index contributed by atoms with van der Waals surface area (Å²) in [5, 5.41) is 15.1. The molecule has 3 rings (SSSR count). The number of fused-ring (bicyclic) bond motifs is 1. The zero-order valence-electron chi connectivity index (χ0n) is 15.1. The normalized spacial score (nSPS) is 12.5. The summed E-state index contributed by atoms with van der Waals surface area (Å²) in [6.45, 7) is 3.91. The van der Waals surface area contributed by atoms with Gasteiger partial charge in [-0.2, -0.15) is 10.1 Å². The van der Waals surface area contributed by atoms with Crippen LogP contribution in [0.25, 0.3) is 5.65 Å². The van der Waals surface area contributed by atoms with Crippen molar-refractivity contribution in [2.24, 2.45) is 0 Å². The Kier molecular flexibility index (Phi) is 5.18. The van der Waals surface area contributed by atoms with Crippen LogP contribution in [0.3, 0.4) is 0 Å². The van der Waals surface area contributed by atoms with Crippen LogP contribution in [0, 0.1) is 0 Å². The first-order valence-corrected chi connectivity index (χ1v) is 8.71. The Bertz CT molecular complexity index is 1060. The van der Waals surface area contributed by atoms with E-state index >= 15 is 0 Å². The quantitative estimate of drug-likeness (QED) is 0.672. The standard InChI is InChI=1S/C18H19ClN4O4/c1-10(2)23-8-11(7-20-23)13(6-15(24)27-3)16-17(25)21-14-5-4-12(19)9-22(14)18(16)26/h4-5,7-10,13,25H,6H2,1-3H3/t13-/m1/s1. The number of aromatic hydroxyl groups is 1. The van der Waals surface area contributed by atoms with E-state index < -0.39 is 23.3 Å². The fraction of sp³-hybridized carbons (Fsp3) is 0.333. The molecule has 3 heterocycles. The number of nitrogens with zero attached hydrogens (tertiary/aromatic N) is 4. The van der Waals surface area contributed by atoms with Gasteiger partial charge in [0.15, 0.2) is 0 Å². The summed E-state index contributed by atoms with van der Waals surface area (Å²) >= 11 is 5.99. The van der Waals surface area contributed by atoms with E-state index in [1.54, 1.807) is 23.1 Å². The van der Waals surface area contributed by atoms with Crippen molar-refractivity contribution in [3.63, 3.8) is 0 Å². The number of aromatic nitrogens is 4. The first-order valence-electron chi connectivity index (χ1n) is 8.33. The number of hydrogen-bond acceptors (Lipinski definition) is 6. The molecule has 0 aromatic carbocycles. The molecule has 8 nitrogen and oxygen atoms in total. The molecule has 0 aliphatic rings. The van der Waals surface area contributed by atoms with Crippen LogP contribution < -0.4 is 5.56 Å². The average molecular weight is 391 g/mol. The van der Waals surface area contributed by atoms with Crippen molar-refractivity contribution in [2.75, 3.05) is 7.11 Å². The third-order valence-corrected chi connectivity index (χ3v) is 4.52. The van der Waals surface area contributed by atoms with Crippen LogP contribution in [0.15, 0.2) is 35.5 Å². The summed E-state index contributed by atoms with van der Waals surface area (Å²) in [5.41, 5.74) is 0.334. The summed E-state index contributed by atoms with van der Waals surface area (Å²) in [6, 6.07) is 3.20. The fourth-order valence-corrected chi connectivity index (χ4v) is 3.03. The van der Waals surface area contributed by atoms with Crippen molar-refractivity contribution < 1.29 is 14.6 Å². The van der Waals surface area contributed by atoms with E-state index in [0.29, 0.717) is 10.6 Å². The Balaban J connectivity index is 2.22. The van der Waals surface area contributed by atoms with E-state index in [-0.39, 0.29) is 23.7 Å². The minimum absolute atomic E-state index is 0.0107. The molecule has 0 aliphatic heterocycles. The molecule has 0 unspecified atom stereocenters. The number of methoxy groups -OCH3 is 1. The van der Waals surface area contributed by atoms with E-state index in [1.807, 2.05) is 13.8 Å². The maximum absolute atomic E-state index is 13.1. The predicted octanol–water partition coefficient (Wildman–Crippen LogP) is 2.53. The van der Waals surface area contributed by atoms with E-state index in [1.165, 1.54) is 23.8 Å². The van der Waals surface area contributed by atoms with Crippen molar-refractivity contribution in [3.8, 4) is 5.88 Å². The first kappa shape index (κ1) is 18.9. The van der Waals surface area contributed by atoms with Crippen molar-refractivity contribution >= 4 is 23.2 Å². The fourth-order valence-electron chi connectivity index (χ4n) is 2.87. The number of halogens is 1. The zero-order chi connectivity index (χ0) is 19.7. The summed E-state index contributed by atoms with van der Waals surface area (Å²) in [4.78, 5) is 29.1. The lowest BCUT2D eigenvalue weighted by molar-refractivity contribution is -0.140. The van der Waals surface area contributed by atoms with Gasteiger partial charge >= 0.3 is 5.97 Å². The lowest BCUT2D eigenvalue weighted by Gasteiger charge is -2.16. The van der Waals surface area contributed by atoms with Gasteiger partial charge in [0.2, 0.25) is 5.88 Å². The Morgan fingerprint density at radius 1 is 1.33 bits per heavy atom. The van der Waals surface area contributed by atoms with E-state index in [4.69, 9.17) is 16.3 Å². The monoisotopic (exact) mass is 390 g/mol. The van der Waals surface area contributed by atoms with Gasteiger partial charge in [0.25, 0.3) is 5.56 Å². The van der Waals surface area contributed by atoms with Crippen molar-refractivity contribution in [2.45, 2.75) is 32.2 Å². The largest absolute Gasteiger partial charge is 0.493 e. The van der Waals surface area contributed by atoms with E-state index in [0.717, 1.165) is 0 Å². The molecular formula is C18H19ClN4O4. The third-order valence-electron chi connectivity index (χ3n) is 4.30. The molecular weight excluding hydrogens is 372 g/mol. The van der Waals surface area contributed by atoms with Gasteiger partial charge in [0, 0.05) is 24.4 Å². The number of hydrogen-bond donors (Lipinski definition) is 1. The molecule has 0 amide bonds. The number of rotatable bonds is 5. The Labute approximate surface area is 160 Å². The Hall–Kier alpha value is -2.87. The van der Waals surface area contributed by atoms with Gasteiger partial charge in [-0.05, 0) is 31.5 Å². The highest BCUT2D eigenvalue weighted by Crippen LogP contribution is 2.31. The number of carbonyl (C=O) groups is 1. The third kappa shape index (κ3) is 3.66. The first-order chi connectivity index (χ1) is 12.8.